The van der Waals surface area contributed by atoms with Crippen molar-refractivity contribution in [1.29, 1.82) is 0 Å². The van der Waals surface area contributed by atoms with Gasteiger partial charge in [-0.25, -0.2) is 4.79 Å². The van der Waals surface area contributed by atoms with Crippen LogP contribution in [0.1, 0.15) is 54.9 Å². The largest absolute Gasteiger partial charge is 0.322 e. The summed E-state index contributed by atoms with van der Waals surface area (Å²) in [6.07, 6.45) is 3.72. The number of likely N-dealkylation sites (tertiary alicyclic amines) is 1. The first kappa shape index (κ1) is 18.5. The molecule has 2 unspecified atom stereocenters. The van der Waals surface area contributed by atoms with Gasteiger partial charge in [-0.2, -0.15) is 0 Å². The molecule has 0 saturated carbocycles. The fourth-order valence-corrected chi connectivity index (χ4v) is 4.25. The third kappa shape index (κ3) is 3.34. The minimum absolute atomic E-state index is 0.126. The summed E-state index contributed by atoms with van der Waals surface area (Å²) in [6.45, 7) is 3.10. The minimum atomic E-state index is -0.634. The Morgan fingerprint density at radius 2 is 2.00 bits per heavy atom. The number of carbonyl (C=O) groups is 4. The molecule has 0 aliphatic carbocycles. The monoisotopic (exact) mass is 384 g/mol. The number of benzene rings is 1. The number of piperidine rings is 2. The molecule has 1 aromatic rings. The van der Waals surface area contributed by atoms with E-state index >= 15 is 0 Å². The number of nitrogens with zero attached hydrogens (tertiary/aromatic N) is 2. The molecule has 2 N–H and O–H groups in total. The first-order valence-corrected chi connectivity index (χ1v) is 9.79. The number of rotatable bonds is 2. The lowest BCUT2D eigenvalue weighted by atomic mass is 10.0. The molecule has 148 valence electrons. The van der Waals surface area contributed by atoms with Crippen molar-refractivity contribution >= 4 is 29.4 Å². The average Bonchev–Trinajstić information content (AvgIpc) is 2.98. The summed E-state index contributed by atoms with van der Waals surface area (Å²) in [4.78, 5) is 52.1. The number of urea groups is 1. The van der Waals surface area contributed by atoms with Crippen LogP contribution in [-0.2, 0) is 16.1 Å². The molecule has 8 nitrogen and oxygen atoms in total. The van der Waals surface area contributed by atoms with Crippen LogP contribution in [-0.4, -0.2) is 52.2 Å². The molecule has 3 aliphatic heterocycles. The summed E-state index contributed by atoms with van der Waals surface area (Å²) in [5.41, 5.74) is 1.95. The normalized spacial score (nSPS) is 24.8. The van der Waals surface area contributed by atoms with E-state index in [9.17, 15) is 19.2 Å². The van der Waals surface area contributed by atoms with Crippen LogP contribution in [0.4, 0.5) is 10.5 Å². The summed E-state index contributed by atoms with van der Waals surface area (Å²) in [7, 11) is 0. The van der Waals surface area contributed by atoms with Crippen molar-refractivity contribution < 1.29 is 19.2 Å². The fraction of sp³-hybridized carbons (Fsp3) is 0.500. The standard InChI is InChI=1S/C20H24N4O4/c1-12-4-2-3-9-23(12)20(28)21-14-5-6-15-13(10-14)11-24(19(15)27)16-7-8-17(25)22-18(16)26/h5-6,10,12,16H,2-4,7-9,11H2,1H3,(H,21,28)(H,22,25,26). The van der Waals surface area contributed by atoms with E-state index in [0.717, 1.165) is 31.4 Å². The highest BCUT2D eigenvalue weighted by molar-refractivity contribution is 6.05. The van der Waals surface area contributed by atoms with E-state index in [1.807, 2.05) is 4.90 Å². The zero-order valence-electron chi connectivity index (χ0n) is 15.9. The van der Waals surface area contributed by atoms with Crippen LogP contribution in [0.25, 0.3) is 0 Å². The number of amides is 5. The maximum absolute atomic E-state index is 12.7. The molecule has 0 bridgehead atoms. The molecule has 8 heteroatoms. The molecule has 0 aromatic heterocycles. The van der Waals surface area contributed by atoms with Gasteiger partial charge in [-0.1, -0.05) is 0 Å². The van der Waals surface area contributed by atoms with Crippen molar-refractivity contribution in [1.82, 2.24) is 15.1 Å². The average molecular weight is 384 g/mol. The van der Waals surface area contributed by atoms with Gasteiger partial charge < -0.3 is 15.1 Å². The van der Waals surface area contributed by atoms with Crippen LogP contribution in [0, 0.1) is 0 Å². The highest BCUT2D eigenvalue weighted by Gasteiger charge is 2.39. The molecular weight excluding hydrogens is 360 g/mol. The van der Waals surface area contributed by atoms with Crippen molar-refractivity contribution in [3.63, 3.8) is 0 Å². The number of anilines is 1. The van der Waals surface area contributed by atoms with E-state index in [-0.39, 0.29) is 30.3 Å². The first-order chi connectivity index (χ1) is 13.4. The van der Waals surface area contributed by atoms with Crippen LogP contribution in [0.3, 0.4) is 0 Å². The van der Waals surface area contributed by atoms with Crippen LogP contribution >= 0.6 is 0 Å². The number of carbonyl (C=O) groups excluding carboxylic acids is 4. The number of imide groups is 1. The highest BCUT2D eigenvalue weighted by Crippen LogP contribution is 2.29. The van der Waals surface area contributed by atoms with Crippen LogP contribution in [0.2, 0.25) is 0 Å². The zero-order chi connectivity index (χ0) is 19.8. The van der Waals surface area contributed by atoms with Gasteiger partial charge in [0.15, 0.2) is 0 Å². The van der Waals surface area contributed by atoms with E-state index in [1.165, 1.54) is 4.90 Å². The molecule has 5 amide bonds. The third-order valence-corrected chi connectivity index (χ3v) is 5.84. The van der Waals surface area contributed by atoms with Gasteiger partial charge in [0, 0.05) is 36.8 Å². The van der Waals surface area contributed by atoms with Crippen molar-refractivity contribution in [3.8, 4) is 0 Å². The van der Waals surface area contributed by atoms with Crippen molar-refractivity contribution in [3.05, 3.63) is 29.3 Å². The van der Waals surface area contributed by atoms with E-state index in [0.29, 0.717) is 24.2 Å². The van der Waals surface area contributed by atoms with Crippen LogP contribution in [0.5, 0.6) is 0 Å². The van der Waals surface area contributed by atoms with E-state index < -0.39 is 11.9 Å². The number of fused-ring (bicyclic) bond motifs is 1. The van der Waals surface area contributed by atoms with Crippen LogP contribution < -0.4 is 10.6 Å². The van der Waals surface area contributed by atoms with Crippen molar-refractivity contribution in [2.24, 2.45) is 0 Å². The predicted molar refractivity (Wildman–Crippen MR) is 102 cm³/mol. The summed E-state index contributed by atoms with van der Waals surface area (Å²) < 4.78 is 0. The smallest absolute Gasteiger partial charge is 0.322 e. The Balaban J connectivity index is 1.47. The van der Waals surface area contributed by atoms with Gasteiger partial charge >= 0.3 is 6.03 Å². The van der Waals surface area contributed by atoms with Gasteiger partial charge in [0.25, 0.3) is 5.91 Å². The Hall–Kier alpha value is -2.90. The first-order valence-electron chi connectivity index (χ1n) is 9.79. The molecule has 1 aromatic carbocycles. The SMILES string of the molecule is CC1CCCCN1C(=O)Nc1ccc2c(c1)CN(C1CCC(=O)NC1=O)C2=O. The Morgan fingerprint density at radius 1 is 1.18 bits per heavy atom. The molecule has 3 aliphatic rings. The Kier molecular flexibility index (Phi) is 4.78. The summed E-state index contributed by atoms with van der Waals surface area (Å²) in [5.74, 6) is -0.945. The third-order valence-electron chi connectivity index (χ3n) is 5.84. The zero-order valence-corrected chi connectivity index (χ0v) is 15.9. The second-order valence-corrected chi connectivity index (χ2v) is 7.74. The van der Waals surface area contributed by atoms with E-state index in [2.05, 4.69) is 17.6 Å². The lowest BCUT2D eigenvalue weighted by Gasteiger charge is -2.33. The number of hydrogen-bond acceptors (Lipinski definition) is 4. The molecule has 28 heavy (non-hydrogen) atoms. The number of hydrogen-bond donors (Lipinski definition) is 2. The lowest BCUT2D eigenvalue weighted by Crippen LogP contribution is -2.52. The van der Waals surface area contributed by atoms with Crippen molar-refractivity contribution in [2.75, 3.05) is 11.9 Å². The predicted octanol–water partition coefficient (Wildman–Crippen LogP) is 1.85. The lowest BCUT2D eigenvalue weighted by molar-refractivity contribution is -0.136. The van der Waals surface area contributed by atoms with Gasteiger partial charge in [0.1, 0.15) is 6.04 Å². The fourth-order valence-electron chi connectivity index (χ4n) is 4.25. The minimum Gasteiger partial charge on any atom is -0.322 e. The summed E-state index contributed by atoms with van der Waals surface area (Å²) >= 11 is 0. The molecule has 2 atom stereocenters. The Morgan fingerprint density at radius 3 is 2.75 bits per heavy atom. The van der Waals surface area contributed by atoms with Crippen molar-refractivity contribution in [2.45, 2.75) is 57.7 Å². The molecule has 2 fully saturated rings. The van der Waals surface area contributed by atoms with Gasteiger partial charge in [-0.15, -0.1) is 0 Å². The molecule has 3 heterocycles. The maximum Gasteiger partial charge on any atom is 0.322 e. The Labute approximate surface area is 163 Å². The topological polar surface area (TPSA) is 98.8 Å². The van der Waals surface area contributed by atoms with Gasteiger partial charge in [0.05, 0.1) is 0 Å². The van der Waals surface area contributed by atoms with Gasteiger partial charge in [-0.3, -0.25) is 19.7 Å². The maximum atomic E-state index is 12.7. The number of nitrogens with one attached hydrogen (secondary N) is 2. The second-order valence-electron chi connectivity index (χ2n) is 7.74. The Bertz CT molecular complexity index is 853. The molecule has 2 saturated heterocycles. The second kappa shape index (κ2) is 7.26. The highest BCUT2D eigenvalue weighted by atomic mass is 16.2. The molecule has 4 rings (SSSR count). The summed E-state index contributed by atoms with van der Waals surface area (Å²) in [5, 5.41) is 5.23. The van der Waals surface area contributed by atoms with Crippen LogP contribution in [0.15, 0.2) is 18.2 Å². The van der Waals surface area contributed by atoms with Gasteiger partial charge in [0.2, 0.25) is 11.8 Å². The molecule has 0 spiro atoms. The quantitative estimate of drug-likeness (QED) is 0.760. The van der Waals surface area contributed by atoms with E-state index in [1.54, 1.807) is 18.2 Å². The summed E-state index contributed by atoms with van der Waals surface area (Å²) in [6, 6.07) is 4.66. The van der Waals surface area contributed by atoms with E-state index in [4.69, 9.17) is 0 Å². The van der Waals surface area contributed by atoms with Gasteiger partial charge in [-0.05, 0) is 56.4 Å². The molecule has 0 radical (unpaired) electrons. The molecular formula is C20H24N4O4.